The summed E-state index contributed by atoms with van der Waals surface area (Å²) in [7, 11) is 2.41. The van der Waals surface area contributed by atoms with Gasteiger partial charge in [0.05, 0.1) is 0 Å². The molecule has 156 valence electrons. The molecule has 0 unspecified atom stereocenters. The molecule has 1 amide bonds. The van der Waals surface area contributed by atoms with Gasteiger partial charge in [-0.25, -0.2) is 0 Å². The molecule has 0 bridgehead atoms. The summed E-state index contributed by atoms with van der Waals surface area (Å²) in [5, 5.41) is 0. The van der Waals surface area contributed by atoms with E-state index in [1.807, 2.05) is 13.8 Å². The minimum Gasteiger partial charge on any atom is -0.342 e. The summed E-state index contributed by atoms with van der Waals surface area (Å²) < 4.78 is 0. The summed E-state index contributed by atoms with van der Waals surface area (Å²) in [4.78, 5) is 17.2. The minimum atomic E-state index is 0.147. The monoisotopic (exact) mass is 376 g/mol. The topological polar surface area (TPSA) is 23.6 Å². The quantitative estimate of drug-likeness (QED) is 0.661. The second-order valence-corrected chi connectivity index (χ2v) is 10.7. The SMILES string of the molecule is CC(C)C(=O)N1CCC2(CCC(N(C)C3CCC(C(C)C)CC3)CC2)CC1. The summed E-state index contributed by atoms with van der Waals surface area (Å²) in [5.74, 6) is 2.33. The maximum Gasteiger partial charge on any atom is 0.225 e. The molecule has 3 fully saturated rings. The molecule has 0 radical (unpaired) electrons. The van der Waals surface area contributed by atoms with Crippen molar-refractivity contribution >= 4 is 5.91 Å². The molecule has 0 aromatic heterocycles. The lowest BCUT2D eigenvalue weighted by Crippen LogP contribution is -2.49. The number of amides is 1. The lowest BCUT2D eigenvalue weighted by molar-refractivity contribution is -0.137. The highest BCUT2D eigenvalue weighted by Crippen LogP contribution is 2.46. The number of likely N-dealkylation sites (tertiary alicyclic amines) is 1. The molecule has 2 saturated carbocycles. The molecule has 3 aliphatic rings. The van der Waals surface area contributed by atoms with Crippen LogP contribution in [-0.4, -0.2) is 47.9 Å². The highest BCUT2D eigenvalue weighted by molar-refractivity contribution is 5.78. The highest BCUT2D eigenvalue weighted by atomic mass is 16.2. The first kappa shape index (κ1) is 21.1. The van der Waals surface area contributed by atoms with Crippen LogP contribution in [0.4, 0.5) is 0 Å². The van der Waals surface area contributed by atoms with Crippen LogP contribution in [0.2, 0.25) is 0 Å². The van der Waals surface area contributed by atoms with Gasteiger partial charge >= 0.3 is 0 Å². The van der Waals surface area contributed by atoms with Crippen LogP contribution in [0, 0.1) is 23.2 Å². The van der Waals surface area contributed by atoms with Gasteiger partial charge in [0.15, 0.2) is 0 Å². The average Bonchev–Trinajstić information content (AvgIpc) is 2.68. The summed E-state index contributed by atoms with van der Waals surface area (Å²) in [6.07, 6.45) is 13.7. The predicted octanol–water partition coefficient (Wildman–Crippen LogP) is 5.34. The Hall–Kier alpha value is -0.570. The zero-order valence-electron chi connectivity index (χ0n) is 18.7. The Balaban J connectivity index is 1.45. The summed E-state index contributed by atoms with van der Waals surface area (Å²) in [5.41, 5.74) is 0.542. The third kappa shape index (κ3) is 4.89. The van der Waals surface area contributed by atoms with Crippen LogP contribution in [0.3, 0.4) is 0 Å². The zero-order valence-corrected chi connectivity index (χ0v) is 18.7. The van der Waals surface area contributed by atoms with E-state index in [9.17, 15) is 4.79 Å². The molecule has 0 aromatic rings. The first-order chi connectivity index (χ1) is 12.8. The number of piperidine rings is 1. The molecule has 27 heavy (non-hydrogen) atoms. The fourth-order valence-electron chi connectivity index (χ4n) is 6.16. The Labute approximate surface area is 168 Å². The molecule has 3 nitrogen and oxygen atoms in total. The second-order valence-electron chi connectivity index (χ2n) is 10.7. The number of nitrogens with zero attached hydrogens (tertiary/aromatic N) is 2. The van der Waals surface area contributed by atoms with Gasteiger partial charge in [0.25, 0.3) is 0 Å². The Morgan fingerprint density at radius 1 is 0.852 bits per heavy atom. The van der Waals surface area contributed by atoms with E-state index in [2.05, 4.69) is 30.7 Å². The van der Waals surface area contributed by atoms with E-state index in [4.69, 9.17) is 0 Å². The molecule has 0 aromatic carbocycles. The molecule has 1 spiro atoms. The van der Waals surface area contributed by atoms with Crippen molar-refractivity contribution in [2.24, 2.45) is 23.2 Å². The fourth-order valence-corrected chi connectivity index (χ4v) is 6.16. The van der Waals surface area contributed by atoms with Crippen molar-refractivity contribution in [3.05, 3.63) is 0 Å². The Morgan fingerprint density at radius 3 is 1.85 bits per heavy atom. The molecule has 1 aliphatic heterocycles. The van der Waals surface area contributed by atoms with Crippen molar-refractivity contribution in [3.8, 4) is 0 Å². The Kier molecular flexibility index (Phi) is 6.93. The van der Waals surface area contributed by atoms with Gasteiger partial charge in [0.1, 0.15) is 0 Å². The molecule has 0 N–H and O–H groups in total. The molecular formula is C24H44N2O. The van der Waals surface area contributed by atoms with Gasteiger partial charge < -0.3 is 9.80 Å². The van der Waals surface area contributed by atoms with E-state index in [1.54, 1.807) is 0 Å². The van der Waals surface area contributed by atoms with E-state index < -0.39 is 0 Å². The van der Waals surface area contributed by atoms with Gasteiger partial charge in [-0.15, -0.1) is 0 Å². The van der Waals surface area contributed by atoms with Crippen molar-refractivity contribution in [3.63, 3.8) is 0 Å². The van der Waals surface area contributed by atoms with Gasteiger partial charge in [-0.2, -0.15) is 0 Å². The normalized spacial score (nSPS) is 29.9. The van der Waals surface area contributed by atoms with Crippen LogP contribution in [0.1, 0.15) is 91.9 Å². The largest absolute Gasteiger partial charge is 0.342 e. The lowest BCUT2D eigenvalue weighted by Gasteiger charge is -2.49. The van der Waals surface area contributed by atoms with E-state index >= 15 is 0 Å². The first-order valence-electron chi connectivity index (χ1n) is 11.8. The standard InChI is InChI=1S/C24H44N2O/c1-18(2)20-6-8-21(9-7-20)25(5)22-10-12-24(13-11-22)14-16-26(17-15-24)23(27)19(3)4/h18-22H,6-17H2,1-5H3. The number of carbonyl (C=O) groups is 1. The molecule has 1 heterocycles. The van der Waals surface area contributed by atoms with Crippen molar-refractivity contribution in [2.45, 2.75) is 104 Å². The zero-order chi connectivity index (χ0) is 19.6. The molecular weight excluding hydrogens is 332 g/mol. The van der Waals surface area contributed by atoms with Crippen LogP contribution in [0.15, 0.2) is 0 Å². The minimum absolute atomic E-state index is 0.147. The van der Waals surface area contributed by atoms with Crippen LogP contribution < -0.4 is 0 Å². The Morgan fingerprint density at radius 2 is 1.37 bits per heavy atom. The van der Waals surface area contributed by atoms with Crippen molar-refractivity contribution in [1.82, 2.24) is 9.80 Å². The smallest absolute Gasteiger partial charge is 0.225 e. The highest BCUT2D eigenvalue weighted by Gasteiger charge is 2.41. The average molecular weight is 377 g/mol. The maximum atomic E-state index is 12.3. The molecule has 2 aliphatic carbocycles. The van der Waals surface area contributed by atoms with Crippen molar-refractivity contribution < 1.29 is 4.79 Å². The van der Waals surface area contributed by atoms with E-state index in [0.717, 1.165) is 37.0 Å². The van der Waals surface area contributed by atoms with Crippen molar-refractivity contribution in [1.29, 1.82) is 0 Å². The number of hydrogen-bond donors (Lipinski definition) is 0. The van der Waals surface area contributed by atoms with Crippen molar-refractivity contribution in [2.75, 3.05) is 20.1 Å². The van der Waals surface area contributed by atoms with Gasteiger partial charge in [-0.3, -0.25) is 4.79 Å². The maximum absolute atomic E-state index is 12.3. The fraction of sp³-hybridized carbons (Fsp3) is 0.958. The van der Waals surface area contributed by atoms with Gasteiger partial charge in [-0.1, -0.05) is 27.7 Å². The van der Waals surface area contributed by atoms with Crippen LogP contribution in [0.25, 0.3) is 0 Å². The lowest BCUT2D eigenvalue weighted by atomic mass is 9.66. The van der Waals surface area contributed by atoms with E-state index in [0.29, 0.717) is 11.3 Å². The molecule has 3 rings (SSSR count). The number of rotatable bonds is 4. The van der Waals surface area contributed by atoms with Gasteiger partial charge in [-0.05, 0) is 88.5 Å². The molecule has 3 heteroatoms. The number of carbonyl (C=O) groups excluding carboxylic acids is 1. The van der Waals surface area contributed by atoms with Gasteiger partial charge in [0.2, 0.25) is 5.91 Å². The van der Waals surface area contributed by atoms with Gasteiger partial charge in [0, 0.05) is 31.1 Å². The van der Waals surface area contributed by atoms with E-state index in [1.165, 1.54) is 64.2 Å². The Bertz CT molecular complexity index is 475. The van der Waals surface area contributed by atoms with Crippen LogP contribution in [-0.2, 0) is 4.79 Å². The second kappa shape index (κ2) is 8.84. The van der Waals surface area contributed by atoms with Crippen LogP contribution >= 0.6 is 0 Å². The molecule has 1 saturated heterocycles. The third-order valence-electron chi connectivity index (χ3n) is 8.48. The summed E-state index contributed by atoms with van der Waals surface area (Å²) in [6, 6.07) is 1.62. The van der Waals surface area contributed by atoms with E-state index in [-0.39, 0.29) is 5.92 Å². The summed E-state index contributed by atoms with van der Waals surface area (Å²) in [6.45, 7) is 10.9. The number of hydrogen-bond acceptors (Lipinski definition) is 2. The first-order valence-corrected chi connectivity index (χ1v) is 11.8. The predicted molar refractivity (Wildman–Crippen MR) is 114 cm³/mol. The van der Waals surface area contributed by atoms with Crippen LogP contribution in [0.5, 0.6) is 0 Å². The molecule has 0 atom stereocenters. The third-order valence-corrected chi connectivity index (χ3v) is 8.48. The summed E-state index contributed by atoms with van der Waals surface area (Å²) >= 11 is 0.